The van der Waals surface area contributed by atoms with Crippen molar-refractivity contribution in [2.75, 3.05) is 26.9 Å². The number of rotatable bonds is 5. The molecular formula is C18H24FNO4. The minimum absolute atomic E-state index is 0.00125. The average molecular weight is 337 g/mol. The molecule has 5 nitrogen and oxygen atoms in total. The molecule has 1 amide bonds. The van der Waals surface area contributed by atoms with Crippen molar-refractivity contribution in [3.8, 4) is 5.75 Å². The summed E-state index contributed by atoms with van der Waals surface area (Å²) in [4.78, 5) is 14.5. The smallest absolute Gasteiger partial charge is 0.223 e. The van der Waals surface area contributed by atoms with Crippen molar-refractivity contribution in [3.05, 3.63) is 29.6 Å². The number of benzene rings is 1. The summed E-state index contributed by atoms with van der Waals surface area (Å²) in [5.41, 5.74) is 0.795. The van der Waals surface area contributed by atoms with Crippen LogP contribution in [0.2, 0.25) is 0 Å². The molecule has 2 heterocycles. The van der Waals surface area contributed by atoms with Gasteiger partial charge in [0.25, 0.3) is 0 Å². The van der Waals surface area contributed by atoms with Crippen LogP contribution < -0.4 is 4.74 Å². The van der Waals surface area contributed by atoms with Crippen molar-refractivity contribution in [2.45, 2.75) is 44.4 Å². The Morgan fingerprint density at radius 3 is 2.83 bits per heavy atom. The van der Waals surface area contributed by atoms with Crippen molar-refractivity contribution in [1.82, 2.24) is 4.90 Å². The number of nitrogens with zero attached hydrogens (tertiary/aromatic N) is 1. The van der Waals surface area contributed by atoms with E-state index in [-0.39, 0.29) is 24.0 Å². The number of hydrogen-bond acceptors (Lipinski definition) is 4. The van der Waals surface area contributed by atoms with Crippen molar-refractivity contribution >= 4 is 5.91 Å². The number of piperidine rings is 1. The maximum Gasteiger partial charge on any atom is 0.223 e. The molecule has 24 heavy (non-hydrogen) atoms. The lowest BCUT2D eigenvalue weighted by Gasteiger charge is -2.38. The average Bonchev–Trinajstić information content (AvgIpc) is 3.14. The molecule has 0 N–H and O–H groups in total. The molecule has 6 heteroatoms. The van der Waals surface area contributed by atoms with Gasteiger partial charge in [0.2, 0.25) is 5.91 Å². The van der Waals surface area contributed by atoms with Crippen LogP contribution in [0.5, 0.6) is 5.75 Å². The standard InChI is InChI=1S/C18H24FNO4/c1-22-16-7-5-13(12-14(16)19)6-8-17(21)20-9-3-2-4-15(20)18-23-10-11-24-18/h5,7,12,15,18H,2-4,6,8-11H2,1H3. The summed E-state index contributed by atoms with van der Waals surface area (Å²) >= 11 is 0. The molecule has 1 aromatic carbocycles. The second kappa shape index (κ2) is 7.94. The van der Waals surface area contributed by atoms with Crippen LogP contribution in [0, 0.1) is 5.82 Å². The predicted molar refractivity (Wildman–Crippen MR) is 86.3 cm³/mol. The number of ether oxygens (including phenoxy) is 3. The Balaban J connectivity index is 1.59. The molecular weight excluding hydrogens is 313 g/mol. The molecule has 1 unspecified atom stereocenters. The Hall–Kier alpha value is -1.66. The van der Waals surface area contributed by atoms with E-state index in [9.17, 15) is 9.18 Å². The third-order valence-electron chi connectivity index (χ3n) is 4.68. The van der Waals surface area contributed by atoms with Gasteiger partial charge >= 0.3 is 0 Å². The zero-order chi connectivity index (χ0) is 16.9. The van der Waals surface area contributed by atoms with Crippen molar-refractivity contribution in [2.24, 2.45) is 0 Å². The van der Waals surface area contributed by atoms with Gasteiger partial charge in [-0.1, -0.05) is 6.07 Å². The van der Waals surface area contributed by atoms with E-state index in [0.717, 1.165) is 31.4 Å². The number of amides is 1. The maximum atomic E-state index is 13.7. The first-order valence-electron chi connectivity index (χ1n) is 8.54. The molecule has 0 aromatic heterocycles. The summed E-state index contributed by atoms with van der Waals surface area (Å²) in [6.07, 6.45) is 3.57. The molecule has 2 saturated heterocycles. The summed E-state index contributed by atoms with van der Waals surface area (Å²) in [6, 6.07) is 4.83. The van der Waals surface area contributed by atoms with Crippen molar-refractivity contribution in [3.63, 3.8) is 0 Å². The number of carbonyl (C=O) groups excluding carboxylic acids is 1. The molecule has 0 bridgehead atoms. The lowest BCUT2D eigenvalue weighted by Crippen LogP contribution is -2.50. The van der Waals surface area contributed by atoms with Crippen LogP contribution in [0.1, 0.15) is 31.2 Å². The SMILES string of the molecule is COc1ccc(CCC(=O)N2CCCCC2C2OCCO2)cc1F. The van der Waals surface area contributed by atoms with Gasteiger partial charge in [0.05, 0.1) is 26.4 Å². The van der Waals surface area contributed by atoms with Crippen LogP contribution in [0.3, 0.4) is 0 Å². The van der Waals surface area contributed by atoms with Gasteiger partial charge in [-0.3, -0.25) is 4.79 Å². The molecule has 1 aromatic rings. The van der Waals surface area contributed by atoms with E-state index in [1.807, 2.05) is 4.90 Å². The Kier molecular flexibility index (Phi) is 5.68. The van der Waals surface area contributed by atoms with E-state index in [4.69, 9.17) is 14.2 Å². The molecule has 2 fully saturated rings. The zero-order valence-electron chi connectivity index (χ0n) is 14.0. The normalized spacial score (nSPS) is 21.9. The van der Waals surface area contributed by atoms with E-state index < -0.39 is 5.82 Å². The Labute approximate surface area is 141 Å². The minimum Gasteiger partial charge on any atom is -0.494 e. The quantitative estimate of drug-likeness (QED) is 0.828. The number of likely N-dealkylation sites (tertiary alicyclic amines) is 1. The summed E-state index contributed by atoms with van der Waals surface area (Å²) in [7, 11) is 1.44. The van der Waals surface area contributed by atoms with E-state index in [1.165, 1.54) is 13.2 Å². The highest BCUT2D eigenvalue weighted by atomic mass is 19.1. The fraction of sp³-hybridized carbons (Fsp3) is 0.611. The highest BCUT2D eigenvalue weighted by Gasteiger charge is 2.35. The van der Waals surface area contributed by atoms with E-state index in [1.54, 1.807) is 12.1 Å². The van der Waals surface area contributed by atoms with Gasteiger partial charge < -0.3 is 19.1 Å². The van der Waals surface area contributed by atoms with Crippen LogP contribution in [0.4, 0.5) is 4.39 Å². The monoisotopic (exact) mass is 337 g/mol. The van der Waals surface area contributed by atoms with Crippen LogP contribution in [-0.4, -0.2) is 50.0 Å². The second-order valence-electron chi connectivity index (χ2n) is 6.23. The number of hydrogen-bond donors (Lipinski definition) is 0. The highest BCUT2D eigenvalue weighted by molar-refractivity contribution is 5.77. The second-order valence-corrected chi connectivity index (χ2v) is 6.23. The first-order valence-corrected chi connectivity index (χ1v) is 8.54. The molecule has 3 rings (SSSR count). The Bertz CT molecular complexity index is 574. The number of aryl methyl sites for hydroxylation is 1. The highest BCUT2D eigenvalue weighted by Crippen LogP contribution is 2.25. The summed E-state index contributed by atoms with van der Waals surface area (Å²) < 4.78 is 29.9. The van der Waals surface area contributed by atoms with Gasteiger partial charge in [0.1, 0.15) is 0 Å². The van der Waals surface area contributed by atoms with Crippen LogP contribution in [0.15, 0.2) is 18.2 Å². The van der Waals surface area contributed by atoms with Crippen molar-refractivity contribution in [1.29, 1.82) is 0 Å². The van der Waals surface area contributed by atoms with Crippen LogP contribution in [0.25, 0.3) is 0 Å². The van der Waals surface area contributed by atoms with E-state index >= 15 is 0 Å². The summed E-state index contributed by atoms with van der Waals surface area (Å²) in [5, 5.41) is 0. The molecule has 2 aliphatic heterocycles. The third kappa shape index (κ3) is 3.87. The van der Waals surface area contributed by atoms with Gasteiger partial charge in [-0.15, -0.1) is 0 Å². The largest absolute Gasteiger partial charge is 0.494 e. The molecule has 0 saturated carbocycles. The molecule has 0 aliphatic carbocycles. The minimum atomic E-state index is -0.397. The van der Waals surface area contributed by atoms with Crippen LogP contribution >= 0.6 is 0 Å². The summed E-state index contributed by atoms with van der Waals surface area (Å²) in [6.45, 7) is 1.92. The van der Waals surface area contributed by atoms with Gasteiger partial charge in [-0.25, -0.2) is 4.39 Å². The Morgan fingerprint density at radius 2 is 2.12 bits per heavy atom. The van der Waals surface area contributed by atoms with Crippen molar-refractivity contribution < 1.29 is 23.4 Å². The summed E-state index contributed by atoms with van der Waals surface area (Å²) in [5.74, 6) is -0.0993. The number of methoxy groups -OCH3 is 1. The molecule has 2 aliphatic rings. The zero-order valence-corrected chi connectivity index (χ0v) is 14.0. The first kappa shape index (κ1) is 17.2. The Morgan fingerprint density at radius 1 is 1.33 bits per heavy atom. The van der Waals surface area contributed by atoms with E-state index in [0.29, 0.717) is 26.1 Å². The lowest BCUT2D eigenvalue weighted by atomic mass is 10.00. The van der Waals surface area contributed by atoms with Crippen LogP contribution in [-0.2, 0) is 20.7 Å². The predicted octanol–water partition coefficient (Wildman–Crippen LogP) is 2.52. The van der Waals surface area contributed by atoms with Gasteiger partial charge in [-0.2, -0.15) is 0 Å². The maximum absolute atomic E-state index is 13.7. The number of halogens is 1. The van der Waals surface area contributed by atoms with Gasteiger partial charge in [-0.05, 0) is 43.4 Å². The molecule has 0 spiro atoms. The van der Waals surface area contributed by atoms with Gasteiger partial charge in [0, 0.05) is 13.0 Å². The third-order valence-corrected chi connectivity index (χ3v) is 4.68. The fourth-order valence-corrected chi connectivity index (χ4v) is 3.41. The topological polar surface area (TPSA) is 48.0 Å². The fourth-order valence-electron chi connectivity index (χ4n) is 3.41. The lowest BCUT2D eigenvalue weighted by molar-refractivity contribution is -0.150. The van der Waals surface area contributed by atoms with Gasteiger partial charge in [0.15, 0.2) is 17.9 Å². The first-order chi connectivity index (χ1) is 11.7. The van der Waals surface area contributed by atoms with E-state index in [2.05, 4.69) is 0 Å². The molecule has 132 valence electrons. The number of carbonyl (C=O) groups is 1. The molecule has 0 radical (unpaired) electrons. The molecule has 1 atom stereocenters.